The maximum Gasteiger partial charge on any atom is 0.0275 e. The van der Waals surface area contributed by atoms with Gasteiger partial charge in [0.2, 0.25) is 0 Å². The van der Waals surface area contributed by atoms with Crippen molar-refractivity contribution in [1.82, 2.24) is 5.43 Å². The van der Waals surface area contributed by atoms with E-state index in [9.17, 15) is 0 Å². The van der Waals surface area contributed by atoms with Crippen molar-refractivity contribution in [3.8, 4) is 0 Å². The molecule has 1 fully saturated rings. The Hall–Kier alpha value is -0.340. The fourth-order valence-electron chi connectivity index (χ4n) is 2.63. The van der Waals surface area contributed by atoms with Gasteiger partial charge in [0.05, 0.1) is 0 Å². The summed E-state index contributed by atoms with van der Waals surface area (Å²) in [5, 5.41) is 0. The Morgan fingerprint density at radius 1 is 1.27 bits per heavy atom. The summed E-state index contributed by atoms with van der Waals surface area (Å²) in [6, 6.07) is 0.445. The minimum Gasteiger partial charge on any atom is -0.271 e. The lowest BCUT2D eigenvalue weighted by Gasteiger charge is -2.28. The summed E-state index contributed by atoms with van der Waals surface area (Å²) in [5.74, 6) is 6.41. The molecule has 0 aromatic carbocycles. The Morgan fingerprint density at radius 3 is 2.27 bits per heavy atom. The smallest absolute Gasteiger partial charge is 0.0275 e. The summed E-state index contributed by atoms with van der Waals surface area (Å²) in [4.78, 5) is 0. The van der Waals surface area contributed by atoms with E-state index in [1.807, 2.05) is 0 Å². The first-order valence-corrected chi connectivity index (χ1v) is 6.34. The van der Waals surface area contributed by atoms with Crippen LogP contribution in [0.1, 0.15) is 58.3 Å². The standard InChI is InChI=1S/C13H26N2/c1-11(2)10-13(15-14)12-8-6-4-3-5-7-9-12/h12-13,15H,1,3-10,14H2,2H3. The van der Waals surface area contributed by atoms with Crippen LogP contribution in [0.15, 0.2) is 12.2 Å². The molecule has 0 radical (unpaired) electrons. The van der Waals surface area contributed by atoms with Gasteiger partial charge in [-0.15, -0.1) is 6.58 Å². The summed E-state index contributed by atoms with van der Waals surface area (Å²) >= 11 is 0. The summed E-state index contributed by atoms with van der Waals surface area (Å²) in [7, 11) is 0. The third kappa shape index (κ3) is 4.80. The van der Waals surface area contributed by atoms with E-state index in [-0.39, 0.29) is 0 Å². The average Bonchev–Trinajstić information content (AvgIpc) is 2.14. The molecular formula is C13H26N2. The first kappa shape index (κ1) is 12.7. The maximum absolute atomic E-state index is 5.65. The van der Waals surface area contributed by atoms with Crippen molar-refractivity contribution in [1.29, 1.82) is 0 Å². The molecule has 2 heteroatoms. The highest BCUT2D eigenvalue weighted by molar-refractivity contribution is 4.94. The summed E-state index contributed by atoms with van der Waals surface area (Å²) < 4.78 is 0. The van der Waals surface area contributed by atoms with Crippen LogP contribution in [0.25, 0.3) is 0 Å². The molecule has 1 aliphatic carbocycles. The van der Waals surface area contributed by atoms with E-state index >= 15 is 0 Å². The molecule has 1 rings (SSSR count). The van der Waals surface area contributed by atoms with Crippen LogP contribution in [0.2, 0.25) is 0 Å². The van der Waals surface area contributed by atoms with Gasteiger partial charge in [0.25, 0.3) is 0 Å². The molecule has 0 saturated heterocycles. The first-order chi connectivity index (χ1) is 7.24. The van der Waals surface area contributed by atoms with Crippen LogP contribution >= 0.6 is 0 Å². The van der Waals surface area contributed by atoms with Gasteiger partial charge < -0.3 is 0 Å². The van der Waals surface area contributed by atoms with Crippen LogP contribution in [0, 0.1) is 5.92 Å². The fraction of sp³-hybridized carbons (Fsp3) is 0.846. The van der Waals surface area contributed by atoms with E-state index in [2.05, 4.69) is 18.9 Å². The van der Waals surface area contributed by atoms with Crippen LogP contribution < -0.4 is 11.3 Å². The minimum absolute atomic E-state index is 0.445. The maximum atomic E-state index is 5.65. The second-order valence-corrected chi connectivity index (χ2v) is 5.04. The number of hydrogen-bond acceptors (Lipinski definition) is 2. The van der Waals surface area contributed by atoms with Gasteiger partial charge in [0.15, 0.2) is 0 Å². The Morgan fingerprint density at radius 2 is 1.80 bits per heavy atom. The number of rotatable bonds is 4. The van der Waals surface area contributed by atoms with Gasteiger partial charge in [0.1, 0.15) is 0 Å². The van der Waals surface area contributed by atoms with Crippen molar-refractivity contribution >= 4 is 0 Å². The Bertz CT molecular complexity index is 181. The Kier molecular flexibility index (Phi) is 5.96. The highest BCUT2D eigenvalue weighted by Gasteiger charge is 2.20. The van der Waals surface area contributed by atoms with Crippen molar-refractivity contribution < 1.29 is 0 Å². The Labute approximate surface area is 94.3 Å². The largest absolute Gasteiger partial charge is 0.271 e. The lowest BCUT2D eigenvalue weighted by molar-refractivity contribution is 0.285. The molecule has 1 atom stereocenters. The average molecular weight is 210 g/mol. The van der Waals surface area contributed by atoms with Crippen LogP contribution in [0.3, 0.4) is 0 Å². The summed E-state index contributed by atoms with van der Waals surface area (Å²) in [6.45, 7) is 6.07. The van der Waals surface area contributed by atoms with Crippen LogP contribution in [0.5, 0.6) is 0 Å². The number of hydrazine groups is 1. The number of nitrogens with two attached hydrogens (primary N) is 1. The van der Waals surface area contributed by atoms with Crippen LogP contribution in [0.4, 0.5) is 0 Å². The van der Waals surface area contributed by atoms with E-state index in [0.29, 0.717) is 6.04 Å². The Balaban J connectivity index is 2.44. The zero-order valence-corrected chi connectivity index (χ0v) is 10.1. The van der Waals surface area contributed by atoms with Gasteiger partial charge in [-0.25, -0.2) is 0 Å². The predicted octanol–water partition coefficient (Wildman–Crippen LogP) is 3.15. The molecule has 1 aliphatic rings. The molecule has 1 saturated carbocycles. The zero-order valence-electron chi connectivity index (χ0n) is 10.1. The molecule has 0 bridgehead atoms. The summed E-state index contributed by atoms with van der Waals surface area (Å²) in [5.41, 5.74) is 4.23. The second-order valence-electron chi connectivity index (χ2n) is 5.04. The van der Waals surface area contributed by atoms with Crippen molar-refractivity contribution in [3.63, 3.8) is 0 Å². The third-order valence-electron chi connectivity index (χ3n) is 3.50. The molecule has 0 spiro atoms. The molecule has 0 heterocycles. The van der Waals surface area contributed by atoms with E-state index < -0.39 is 0 Å². The summed E-state index contributed by atoms with van der Waals surface area (Å²) in [6.07, 6.45) is 10.7. The fourth-order valence-corrected chi connectivity index (χ4v) is 2.63. The van der Waals surface area contributed by atoms with Gasteiger partial charge in [-0.05, 0) is 32.1 Å². The first-order valence-electron chi connectivity index (χ1n) is 6.34. The monoisotopic (exact) mass is 210 g/mol. The number of nitrogens with one attached hydrogen (secondary N) is 1. The van der Waals surface area contributed by atoms with E-state index in [1.54, 1.807) is 0 Å². The van der Waals surface area contributed by atoms with Crippen molar-refractivity contribution in [2.75, 3.05) is 0 Å². The molecule has 15 heavy (non-hydrogen) atoms. The van der Waals surface area contributed by atoms with Crippen LogP contribution in [-0.2, 0) is 0 Å². The van der Waals surface area contributed by atoms with Gasteiger partial charge in [0, 0.05) is 6.04 Å². The topological polar surface area (TPSA) is 38.0 Å². The normalized spacial score (nSPS) is 21.7. The minimum atomic E-state index is 0.445. The molecular weight excluding hydrogens is 184 g/mol. The quantitative estimate of drug-likeness (QED) is 0.425. The molecule has 1 unspecified atom stereocenters. The van der Waals surface area contributed by atoms with Crippen molar-refractivity contribution in [2.24, 2.45) is 11.8 Å². The highest BCUT2D eigenvalue weighted by atomic mass is 15.2. The lowest BCUT2D eigenvalue weighted by Crippen LogP contribution is -2.41. The number of hydrogen-bond donors (Lipinski definition) is 2. The zero-order chi connectivity index (χ0) is 11.1. The third-order valence-corrected chi connectivity index (χ3v) is 3.50. The molecule has 3 N–H and O–H groups in total. The molecule has 0 aliphatic heterocycles. The van der Waals surface area contributed by atoms with Gasteiger partial charge in [-0.2, -0.15) is 0 Å². The van der Waals surface area contributed by atoms with Crippen molar-refractivity contribution in [3.05, 3.63) is 12.2 Å². The molecule has 88 valence electrons. The molecule has 0 amide bonds. The van der Waals surface area contributed by atoms with Crippen LogP contribution in [-0.4, -0.2) is 6.04 Å². The van der Waals surface area contributed by atoms with E-state index in [4.69, 9.17) is 5.84 Å². The molecule has 2 nitrogen and oxygen atoms in total. The van der Waals surface area contributed by atoms with E-state index in [1.165, 1.54) is 50.5 Å². The predicted molar refractivity (Wildman–Crippen MR) is 66.4 cm³/mol. The van der Waals surface area contributed by atoms with Gasteiger partial charge in [-0.3, -0.25) is 11.3 Å². The van der Waals surface area contributed by atoms with E-state index in [0.717, 1.165) is 12.3 Å². The second kappa shape index (κ2) is 7.02. The highest BCUT2D eigenvalue weighted by Crippen LogP contribution is 2.26. The van der Waals surface area contributed by atoms with Crippen molar-refractivity contribution in [2.45, 2.75) is 64.3 Å². The molecule has 0 aromatic rings. The molecule has 0 aromatic heterocycles. The van der Waals surface area contributed by atoms with Gasteiger partial charge in [-0.1, -0.05) is 37.7 Å². The van der Waals surface area contributed by atoms with Gasteiger partial charge >= 0.3 is 0 Å². The lowest BCUT2D eigenvalue weighted by atomic mass is 9.84. The SMILES string of the molecule is C=C(C)CC(NN)C1CCCCCCC1.